The third-order valence-corrected chi connectivity index (χ3v) is 5.96. The standard InChI is InChI=1S/C22H25Cl2N3O/c1-26(22(28)8-6-17-5-7-20(23)21(24)16-17)19-10-14-27(15-11-19)13-9-18-4-2-3-12-25-18/h2-8,12,16,19H,9-11,13-15H2,1H3. The van der Waals surface area contributed by atoms with Crippen LogP contribution in [0.4, 0.5) is 0 Å². The highest BCUT2D eigenvalue weighted by molar-refractivity contribution is 6.42. The zero-order valence-corrected chi connectivity index (χ0v) is 17.5. The van der Waals surface area contributed by atoms with Crippen LogP contribution in [-0.2, 0) is 11.2 Å². The maximum atomic E-state index is 12.5. The summed E-state index contributed by atoms with van der Waals surface area (Å²) in [5.41, 5.74) is 1.99. The minimum absolute atomic E-state index is 0.0120. The first kappa shape index (κ1) is 20.8. The number of carbonyl (C=O) groups excluding carboxylic acids is 1. The van der Waals surface area contributed by atoms with Gasteiger partial charge < -0.3 is 9.80 Å². The third kappa shape index (κ3) is 5.81. The van der Waals surface area contributed by atoms with Crippen LogP contribution in [-0.4, -0.2) is 53.4 Å². The van der Waals surface area contributed by atoms with Crippen molar-refractivity contribution in [1.82, 2.24) is 14.8 Å². The molecule has 1 fully saturated rings. The topological polar surface area (TPSA) is 36.4 Å². The van der Waals surface area contributed by atoms with Crippen molar-refractivity contribution in [2.45, 2.75) is 25.3 Å². The second kappa shape index (κ2) is 10.1. The van der Waals surface area contributed by atoms with E-state index in [1.165, 1.54) is 0 Å². The summed E-state index contributed by atoms with van der Waals surface area (Å²) < 4.78 is 0. The molecule has 4 nitrogen and oxygen atoms in total. The fraction of sp³-hybridized carbons (Fsp3) is 0.364. The van der Waals surface area contributed by atoms with Gasteiger partial charge in [-0.1, -0.05) is 35.3 Å². The number of rotatable bonds is 6. The first-order valence-corrected chi connectivity index (χ1v) is 10.3. The third-order valence-electron chi connectivity index (χ3n) is 5.22. The molecule has 0 spiro atoms. The van der Waals surface area contributed by atoms with Gasteiger partial charge >= 0.3 is 0 Å². The van der Waals surface area contributed by atoms with Gasteiger partial charge in [0.1, 0.15) is 0 Å². The van der Waals surface area contributed by atoms with Gasteiger partial charge in [0, 0.05) is 57.1 Å². The van der Waals surface area contributed by atoms with Gasteiger partial charge in [-0.3, -0.25) is 9.78 Å². The Kier molecular flexibility index (Phi) is 7.49. The number of amides is 1. The molecule has 1 aliphatic rings. The van der Waals surface area contributed by atoms with E-state index in [1.807, 2.05) is 36.3 Å². The summed E-state index contributed by atoms with van der Waals surface area (Å²) in [7, 11) is 1.88. The van der Waals surface area contributed by atoms with Crippen molar-refractivity contribution in [3.63, 3.8) is 0 Å². The molecule has 0 N–H and O–H groups in total. The smallest absolute Gasteiger partial charge is 0.246 e. The highest BCUT2D eigenvalue weighted by Crippen LogP contribution is 2.23. The molecule has 28 heavy (non-hydrogen) atoms. The van der Waals surface area contributed by atoms with Crippen LogP contribution in [0.3, 0.4) is 0 Å². The normalized spacial score (nSPS) is 15.8. The minimum Gasteiger partial charge on any atom is -0.339 e. The molecular formula is C22H25Cl2N3O. The van der Waals surface area contributed by atoms with E-state index in [-0.39, 0.29) is 11.9 Å². The summed E-state index contributed by atoms with van der Waals surface area (Å²) >= 11 is 11.9. The summed E-state index contributed by atoms with van der Waals surface area (Å²) in [6, 6.07) is 11.7. The SMILES string of the molecule is CN(C(=O)C=Cc1ccc(Cl)c(Cl)c1)C1CCN(CCc2ccccn2)CC1. The molecule has 1 amide bonds. The van der Waals surface area contributed by atoms with Gasteiger partial charge in [-0.2, -0.15) is 0 Å². The second-order valence-electron chi connectivity index (χ2n) is 7.10. The van der Waals surface area contributed by atoms with Crippen LogP contribution < -0.4 is 0 Å². The van der Waals surface area contributed by atoms with Crippen molar-refractivity contribution in [3.05, 3.63) is 70.0 Å². The second-order valence-corrected chi connectivity index (χ2v) is 7.91. The first-order valence-electron chi connectivity index (χ1n) is 9.55. The quantitative estimate of drug-likeness (QED) is 0.645. The lowest BCUT2D eigenvalue weighted by molar-refractivity contribution is -0.127. The molecule has 0 saturated carbocycles. The molecule has 0 unspecified atom stereocenters. The summed E-state index contributed by atoms with van der Waals surface area (Å²) in [6.45, 7) is 3.02. The number of aromatic nitrogens is 1. The molecule has 0 bridgehead atoms. The fourth-order valence-electron chi connectivity index (χ4n) is 3.43. The molecule has 2 heterocycles. The first-order chi connectivity index (χ1) is 13.5. The Morgan fingerprint density at radius 2 is 2.00 bits per heavy atom. The van der Waals surface area contributed by atoms with Crippen LogP contribution in [0.15, 0.2) is 48.7 Å². The van der Waals surface area contributed by atoms with Crippen LogP contribution >= 0.6 is 23.2 Å². The molecule has 3 rings (SSSR count). The molecule has 1 aromatic heterocycles. The number of hydrogen-bond acceptors (Lipinski definition) is 3. The Bertz CT molecular complexity index is 818. The van der Waals surface area contributed by atoms with Crippen LogP contribution in [0.25, 0.3) is 6.08 Å². The van der Waals surface area contributed by atoms with E-state index in [4.69, 9.17) is 23.2 Å². The zero-order chi connectivity index (χ0) is 19.9. The highest BCUT2D eigenvalue weighted by Gasteiger charge is 2.24. The van der Waals surface area contributed by atoms with Crippen molar-refractivity contribution in [2.24, 2.45) is 0 Å². The number of halogens is 2. The van der Waals surface area contributed by atoms with E-state index in [1.54, 1.807) is 24.3 Å². The van der Waals surface area contributed by atoms with Crippen LogP contribution in [0, 0.1) is 0 Å². The monoisotopic (exact) mass is 417 g/mol. The lowest BCUT2D eigenvalue weighted by atomic mass is 10.0. The average Bonchev–Trinajstić information content (AvgIpc) is 2.73. The predicted molar refractivity (Wildman–Crippen MR) is 116 cm³/mol. The number of benzene rings is 1. The van der Waals surface area contributed by atoms with Gasteiger partial charge in [-0.15, -0.1) is 0 Å². The molecular weight excluding hydrogens is 393 g/mol. The predicted octanol–water partition coefficient (Wildman–Crippen LogP) is 4.57. The Labute approximate surface area is 176 Å². The Morgan fingerprint density at radius 3 is 2.68 bits per heavy atom. The Balaban J connectivity index is 1.46. The number of pyridine rings is 1. The lowest BCUT2D eigenvalue weighted by Crippen LogP contribution is -2.45. The summed E-state index contributed by atoms with van der Waals surface area (Å²) in [6.07, 6.45) is 8.17. The lowest BCUT2D eigenvalue weighted by Gasteiger charge is -2.36. The summed E-state index contributed by atoms with van der Waals surface area (Å²) in [5, 5.41) is 1.000. The van der Waals surface area contributed by atoms with Crippen molar-refractivity contribution < 1.29 is 4.79 Å². The van der Waals surface area contributed by atoms with Gasteiger partial charge in [-0.25, -0.2) is 0 Å². The van der Waals surface area contributed by atoms with E-state index >= 15 is 0 Å². The van der Waals surface area contributed by atoms with Gasteiger partial charge in [0.05, 0.1) is 10.0 Å². The molecule has 1 saturated heterocycles. The number of piperidine rings is 1. The number of carbonyl (C=O) groups is 1. The van der Waals surface area contributed by atoms with Crippen molar-refractivity contribution in [2.75, 3.05) is 26.7 Å². The number of likely N-dealkylation sites (tertiary alicyclic amines) is 1. The van der Waals surface area contributed by atoms with E-state index in [0.717, 1.165) is 50.2 Å². The van der Waals surface area contributed by atoms with E-state index < -0.39 is 0 Å². The van der Waals surface area contributed by atoms with Crippen LogP contribution in [0.1, 0.15) is 24.1 Å². The Hall–Kier alpha value is -1.88. The van der Waals surface area contributed by atoms with E-state index in [2.05, 4.69) is 16.0 Å². The molecule has 1 aromatic carbocycles. The molecule has 2 aromatic rings. The van der Waals surface area contributed by atoms with Gasteiger partial charge in [-0.05, 0) is 48.7 Å². The maximum absolute atomic E-state index is 12.5. The molecule has 6 heteroatoms. The Morgan fingerprint density at radius 1 is 1.21 bits per heavy atom. The largest absolute Gasteiger partial charge is 0.339 e. The molecule has 0 aliphatic carbocycles. The van der Waals surface area contributed by atoms with Crippen LogP contribution in [0.2, 0.25) is 10.0 Å². The summed E-state index contributed by atoms with van der Waals surface area (Å²) in [4.78, 5) is 21.2. The molecule has 0 radical (unpaired) electrons. The van der Waals surface area contributed by atoms with Crippen molar-refractivity contribution in [1.29, 1.82) is 0 Å². The maximum Gasteiger partial charge on any atom is 0.246 e. The zero-order valence-electron chi connectivity index (χ0n) is 16.0. The molecule has 1 aliphatic heterocycles. The van der Waals surface area contributed by atoms with Crippen molar-refractivity contribution >= 4 is 35.2 Å². The summed E-state index contributed by atoms with van der Waals surface area (Å²) in [5.74, 6) is 0.0120. The average molecular weight is 418 g/mol. The number of hydrogen-bond donors (Lipinski definition) is 0. The van der Waals surface area contributed by atoms with Gasteiger partial charge in [0.25, 0.3) is 0 Å². The number of nitrogens with zero attached hydrogens (tertiary/aromatic N) is 3. The van der Waals surface area contributed by atoms with Gasteiger partial charge in [0.2, 0.25) is 5.91 Å². The van der Waals surface area contributed by atoms with Crippen molar-refractivity contribution in [3.8, 4) is 0 Å². The fourth-order valence-corrected chi connectivity index (χ4v) is 3.74. The minimum atomic E-state index is 0.0120. The van der Waals surface area contributed by atoms with Gasteiger partial charge in [0.15, 0.2) is 0 Å². The number of likely N-dealkylation sites (N-methyl/N-ethyl adjacent to an activating group) is 1. The molecule has 0 atom stereocenters. The highest BCUT2D eigenvalue weighted by atomic mass is 35.5. The van der Waals surface area contributed by atoms with Crippen LogP contribution in [0.5, 0.6) is 0 Å². The van der Waals surface area contributed by atoms with E-state index in [0.29, 0.717) is 10.0 Å². The van der Waals surface area contributed by atoms with E-state index in [9.17, 15) is 4.79 Å². The molecule has 148 valence electrons.